The van der Waals surface area contributed by atoms with Crippen LogP contribution in [-0.4, -0.2) is 23.3 Å². The van der Waals surface area contributed by atoms with Gasteiger partial charge in [0.15, 0.2) is 0 Å². The van der Waals surface area contributed by atoms with E-state index >= 15 is 0 Å². The van der Waals surface area contributed by atoms with E-state index in [1.807, 2.05) is 18.3 Å². The number of pyridine rings is 1. The molecule has 0 bridgehead atoms. The van der Waals surface area contributed by atoms with Crippen LogP contribution in [0.25, 0.3) is 0 Å². The molecule has 0 N–H and O–H groups in total. The van der Waals surface area contributed by atoms with Gasteiger partial charge in [0.25, 0.3) is 0 Å². The van der Waals surface area contributed by atoms with Gasteiger partial charge in [-0.15, -0.1) is 11.8 Å². The maximum absolute atomic E-state index is 11.7. The molecule has 1 aromatic rings. The molecule has 0 aliphatic carbocycles. The van der Waals surface area contributed by atoms with Crippen LogP contribution in [0.5, 0.6) is 0 Å². The molecule has 20 heavy (non-hydrogen) atoms. The molecule has 0 aromatic carbocycles. The molecular formula is C16H25NO2S. The lowest BCUT2D eigenvalue weighted by Crippen LogP contribution is -2.14. The van der Waals surface area contributed by atoms with Gasteiger partial charge in [0.1, 0.15) is 0 Å². The molecule has 0 saturated heterocycles. The second-order valence-corrected chi connectivity index (χ2v) is 6.06. The SMILES string of the molecule is CCCCC(CC)COC(=O)CCSc1cccnc1. The third-order valence-corrected chi connectivity index (χ3v) is 4.22. The van der Waals surface area contributed by atoms with Crippen molar-refractivity contribution in [2.45, 2.75) is 50.8 Å². The van der Waals surface area contributed by atoms with Gasteiger partial charge in [-0.25, -0.2) is 0 Å². The van der Waals surface area contributed by atoms with Crippen molar-refractivity contribution in [1.82, 2.24) is 4.98 Å². The van der Waals surface area contributed by atoms with E-state index in [0.717, 1.165) is 23.5 Å². The summed E-state index contributed by atoms with van der Waals surface area (Å²) in [5.41, 5.74) is 0. The number of aromatic nitrogens is 1. The Balaban J connectivity index is 2.13. The van der Waals surface area contributed by atoms with Crippen LogP contribution in [0.4, 0.5) is 0 Å². The van der Waals surface area contributed by atoms with Crippen molar-refractivity contribution in [3.63, 3.8) is 0 Å². The zero-order chi connectivity index (χ0) is 14.6. The largest absolute Gasteiger partial charge is 0.465 e. The number of ether oxygens (including phenoxy) is 1. The van der Waals surface area contributed by atoms with Gasteiger partial charge < -0.3 is 4.74 Å². The second kappa shape index (κ2) is 10.7. The van der Waals surface area contributed by atoms with Crippen LogP contribution in [0.3, 0.4) is 0 Å². The minimum Gasteiger partial charge on any atom is -0.465 e. The Labute approximate surface area is 126 Å². The van der Waals surface area contributed by atoms with Crippen molar-refractivity contribution < 1.29 is 9.53 Å². The summed E-state index contributed by atoms with van der Waals surface area (Å²) < 4.78 is 5.36. The van der Waals surface area contributed by atoms with E-state index in [4.69, 9.17) is 4.74 Å². The first-order valence-corrected chi connectivity index (χ1v) is 8.43. The minimum absolute atomic E-state index is 0.0867. The van der Waals surface area contributed by atoms with Crippen molar-refractivity contribution >= 4 is 17.7 Å². The molecule has 0 aliphatic heterocycles. The summed E-state index contributed by atoms with van der Waals surface area (Å²) in [5.74, 6) is 1.18. The number of hydrogen-bond acceptors (Lipinski definition) is 4. The molecule has 1 atom stereocenters. The van der Waals surface area contributed by atoms with Crippen LogP contribution < -0.4 is 0 Å². The number of carbonyl (C=O) groups excluding carboxylic acids is 1. The Hall–Kier alpha value is -1.03. The molecule has 4 heteroatoms. The lowest BCUT2D eigenvalue weighted by atomic mass is 10.0. The van der Waals surface area contributed by atoms with E-state index in [2.05, 4.69) is 18.8 Å². The first-order chi connectivity index (χ1) is 9.76. The maximum Gasteiger partial charge on any atom is 0.306 e. The molecule has 1 unspecified atom stereocenters. The van der Waals surface area contributed by atoms with Crippen molar-refractivity contribution in [1.29, 1.82) is 0 Å². The number of esters is 1. The third-order valence-electron chi connectivity index (χ3n) is 3.23. The van der Waals surface area contributed by atoms with Gasteiger partial charge in [-0.05, 0) is 24.5 Å². The zero-order valence-corrected chi connectivity index (χ0v) is 13.3. The summed E-state index contributed by atoms with van der Waals surface area (Å²) in [4.78, 5) is 16.8. The maximum atomic E-state index is 11.7. The van der Waals surface area contributed by atoms with Crippen molar-refractivity contribution in [3.8, 4) is 0 Å². The highest BCUT2D eigenvalue weighted by Crippen LogP contribution is 2.17. The highest BCUT2D eigenvalue weighted by molar-refractivity contribution is 7.99. The normalized spacial score (nSPS) is 12.1. The van der Waals surface area contributed by atoms with E-state index in [9.17, 15) is 4.79 Å². The monoisotopic (exact) mass is 295 g/mol. The highest BCUT2D eigenvalue weighted by atomic mass is 32.2. The Kier molecular flexibility index (Phi) is 9.13. The Morgan fingerprint density at radius 2 is 2.30 bits per heavy atom. The predicted octanol–water partition coefficient (Wildman–Crippen LogP) is 4.32. The molecule has 1 heterocycles. The van der Waals surface area contributed by atoms with Crippen LogP contribution in [0, 0.1) is 5.92 Å². The summed E-state index contributed by atoms with van der Waals surface area (Å²) in [6, 6.07) is 3.90. The van der Waals surface area contributed by atoms with E-state index in [0.29, 0.717) is 18.9 Å². The third kappa shape index (κ3) is 7.53. The van der Waals surface area contributed by atoms with Crippen LogP contribution >= 0.6 is 11.8 Å². The first kappa shape index (κ1) is 17.0. The highest BCUT2D eigenvalue weighted by Gasteiger charge is 2.10. The van der Waals surface area contributed by atoms with Crippen LogP contribution in [-0.2, 0) is 9.53 Å². The van der Waals surface area contributed by atoms with E-state index < -0.39 is 0 Å². The second-order valence-electron chi connectivity index (χ2n) is 4.89. The molecule has 1 aromatic heterocycles. The number of hydrogen-bond donors (Lipinski definition) is 0. The van der Waals surface area contributed by atoms with Gasteiger partial charge in [-0.3, -0.25) is 9.78 Å². The Morgan fingerprint density at radius 1 is 1.45 bits per heavy atom. The summed E-state index contributed by atoms with van der Waals surface area (Å²) >= 11 is 1.64. The van der Waals surface area contributed by atoms with Crippen molar-refractivity contribution in [2.75, 3.05) is 12.4 Å². The van der Waals surface area contributed by atoms with Crippen LogP contribution in [0.2, 0.25) is 0 Å². The van der Waals surface area contributed by atoms with Gasteiger partial charge in [0.05, 0.1) is 13.0 Å². The van der Waals surface area contributed by atoms with E-state index in [1.54, 1.807) is 18.0 Å². The molecule has 0 amide bonds. The average Bonchev–Trinajstić information content (AvgIpc) is 2.48. The van der Waals surface area contributed by atoms with Gasteiger partial charge in [-0.1, -0.05) is 33.1 Å². The molecular weight excluding hydrogens is 270 g/mol. The number of thioether (sulfide) groups is 1. The first-order valence-electron chi connectivity index (χ1n) is 7.44. The van der Waals surface area contributed by atoms with Gasteiger partial charge in [-0.2, -0.15) is 0 Å². The fourth-order valence-electron chi connectivity index (χ4n) is 1.87. The Bertz CT molecular complexity index is 370. The number of rotatable bonds is 10. The molecule has 0 fully saturated rings. The lowest BCUT2D eigenvalue weighted by molar-refractivity contribution is -0.144. The molecule has 0 radical (unpaired) electrons. The molecule has 1 rings (SSSR count). The van der Waals surface area contributed by atoms with Gasteiger partial charge >= 0.3 is 5.97 Å². The van der Waals surface area contributed by atoms with E-state index in [1.165, 1.54) is 12.8 Å². The Morgan fingerprint density at radius 3 is 2.95 bits per heavy atom. The molecule has 112 valence electrons. The topological polar surface area (TPSA) is 39.2 Å². The molecule has 3 nitrogen and oxygen atoms in total. The van der Waals surface area contributed by atoms with Crippen LogP contribution in [0.15, 0.2) is 29.4 Å². The number of carbonyl (C=O) groups is 1. The molecule has 0 spiro atoms. The van der Waals surface area contributed by atoms with Gasteiger partial charge in [0.2, 0.25) is 0 Å². The summed E-state index contributed by atoms with van der Waals surface area (Å²) in [7, 11) is 0. The smallest absolute Gasteiger partial charge is 0.306 e. The average molecular weight is 295 g/mol. The van der Waals surface area contributed by atoms with Gasteiger partial charge in [0, 0.05) is 23.0 Å². The summed E-state index contributed by atoms with van der Waals surface area (Å²) in [5, 5.41) is 0. The summed E-state index contributed by atoms with van der Waals surface area (Å²) in [6.45, 7) is 4.92. The zero-order valence-electron chi connectivity index (χ0n) is 12.5. The predicted molar refractivity (Wildman–Crippen MR) is 83.8 cm³/mol. The lowest BCUT2D eigenvalue weighted by Gasteiger charge is -2.14. The molecule has 0 saturated carbocycles. The van der Waals surface area contributed by atoms with Crippen molar-refractivity contribution in [3.05, 3.63) is 24.5 Å². The van der Waals surface area contributed by atoms with Crippen LogP contribution in [0.1, 0.15) is 46.0 Å². The quantitative estimate of drug-likeness (QED) is 0.476. The van der Waals surface area contributed by atoms with Crippen molar-refractivity contribution in [2.24, 2.45) is 5.92 Å². The molecule has 0 aliphatic rings. The summed E-state index contributed by atoms with van der Waals surface area (Å²) in [6.07, 6.45) is 8.68. The standard InChI is InChI=1S/C16H25NO2S/c1-3-5-7-14(4-2)13-19-16(18)9-11-20-15-8-6-10-17-12-15/h6,8,10,12,14H,3-5,7,9,11,13H2,1-2H3. The number of unbranched alkanes of at least 4 members (excludes halogenated alkanes) is 1. The fraction of sp³-hybridized carbons (Fsp3) is 0.625. The van der Waals surface area contributed by atoms with E-state index in [-0.39, 0.29) is 5.97 Å². The fourth-order valence-corrected chi connectivity index (χ4v) is 2.68. The minimum atomic E-state index is -0.0867. The number of nitrogens with zero attached hydrogens (tertiary/aromatic N) is 1.